The molecule has 0 bridgehead atoms. The number of carbonyl (C=O) groups is 3. The molecule has 0 spiro atoms. The Labute approximate surface area is 250 Å². The van der Waals surface area contributed by atoms with E-state index in [0.717, 1.165) is 5.57 Å². The van der Waals surface area contributed by atoms with E-state index >= 15 is 0 Å². The predicted molar refractivity (Wildman–Crippen MR) is 153 cm³/mol. The van der Waals surface area contributed by atoms with Gasteiger partial charge in [0.1, 0.15) is 12.2 Å². The monoisotopic (exact) mass is 588 g/mol. The van der Waals surface area contributed by atoms with Crippen LogP contribution in [0.5, 0.6) is 0 Å². The van der Waals surface area contributed by atoms with Crippen LogP contribution in [-0.4, -0.2) is 64.4 Å². The van der Waals surface area contributed by atoms with Crippen molar-refractivity contribution in [1.29, 1.82) is 0 Å². The zero-order chi connectivity index (χ0) is 30.8. The molecule has 2 heterocycles. The molecule has 2 N–H and O–H groups in total. The standard InChI is InChI=1S/C34H36O9/c1-20-15-16-24-26-31(2,19-34(39,43-24)23-17-25(35)40-18-23)33(4,38)28(42-30(37)22-13-9-6-10-14-22)27(32(20,26)3)41-29(36)21-11-7-5-8-12-21/h5-14,17,24,26-28,38-39H,1,15-16,18-19H2,2-4H3/t24-,26-,27+,28+,31+,32+,33+,34-/m1/s1. The summed E-state index contributed by atoms with van der Waals surface area (Å²) < 4.78 is 23.9. The molecule has 8 atom stereocenters. The van der Waals surface area contributed by atoms with Gasteiger partial charge in [-0.1, -0.05) is 62.4 Å². The maximum Gasteiger partial charge on any atom is 0.338 e. The highest BCUT2D eigenvalue weighted by atomic mass is 16.6. The molecule has 43 heavy (non-hydrogen) atoms. The SMILES string of the molecule is C=C1CC[C@H]2O[C@@](O)(C3=CC(=O)OC3)C[C@@]3(C)[C@@H]2[C@@]1(C)[C@@H](OC(=O)c1ccccc1)[C@H](OC(=O)c1ccccc1)[C@]3(C)O. The fourth-order valence-corrected chi connectivity index (χ4v) is 7.93. The van der Waals surface area contributed by atoms with Gasteiger partial charge in [-0.25, -0.2) is 14.4 Å². The summed E-state index contributed by atoms with van der Waals surface area (Å²) in [4.78, 5) is 39.1. The van der Waals surface area contributed by atoms with Crippen molar-refractivity contribution in [3.05, 3.63) is 95.6 Å². The average molecular weight is 589 g/mol. The molecule has 2 aromatic carbocycles. The van der Waals surface area contributed by atoms with Crippen molar-refractivity contribution in [2.75, 3.05) is 6.61 Å². The summed E-state index contributed by atoms with van der Waals surface area (Å²) in [7, 11) is 0. The summed E-state index contributed by atoms with van der Waals surface area (Å²) in [6, 6.07) is 16.8. The quantitative estimate of drug-likeness (QED) is 0.301. The van der Waals surface area contributed by atoms with Gasteiger partial charge in [-0.2, -0.15) is 0 Å². The van der Waals surface area contributed by atoms with Crippen molar-refractivity contribution in [2.24, 2.45) is 16.7 Å². The third-order valence-electron chi connectivity index (χ3n) is 10.4. The van der Waals surface area contributed by atoms with Gasteiger partial charge in [-0.3, -0.25) is 0 Å². The van der Waals surface area contributed by atoms with E-state index < -0.39 is 64.4 Å². The van der Waals surface area contributed by atoms with Gasteiger partial charge in [0, 0.05) is 34.8 Å². The fraction of sp³-hybridized carbons (Fsp3) is 0.441. The molecule has 2 aliphatic carbocycles. The van der Waals surface area contributed by atoms with Gasteiger partial charge in [0.05, 0.1) is 17.2 Å². The van der Waals surface area contributed by atoms with Crippen molar-refractivity contribution in [3.8, 4) is 0 Å². The Kier molecular flexibility index (Phi) is 6.91. The van der Waals surface area contributed by atoms with E-state index in [9.17, 15) is 24.6 Å². The van der Waals surface area contributed by atoms with Crippen LogP contribution in [0.25, 0.3) is 0 Å². The topological polar surface area (TPSA) is 129 Å². The van der Waals surface area contributed by atoms with Crippen LogP contribution in [0.1, 0.15) is 60.7 Å². The second-order valence-corrected chi connectivity index (χ2v) is 12.7. The Morgan fingerprint density at radius 3 is 2.00 bits per heavy atom. The Hall–Kier alpha value is -3.79. The van der Waals surface area contributed by atoms with Crippen LogP contribution in [0.2, 0.25) is 0 Å². The predicted octanol–water partition coefficient (Wildman–Crippen LogP) is 4.14. The first-order valence-corrected chi connectivity index (χ1v) is 14.5. The Morgan fingerprint density at radius 2 is 1.47 bits per heavy atom. The average Bonchev–Trinajstić information content (AvgIpc) is 3.43. The first-order valence-electron chi connectivity index (χ1n) is 14.5. The summed E-state index contributed by atoms with van der Waals surface area (Å²) in [5, 5.41) is 24.6. The molecular formula is C34H36O9. The smallest absolute Gasteiger partial charge is 0.338 e. The highest BCUT2D eigenvalue weighted by molar-refractivity contribution is 5.90. The molecule has 2 saturated carbocycles. The fourth-order valence-electron chi connectivity index (χ4n) is 7.93. The van der Waals surface area contributed by atoms with Gasteiger partial charge in [-0.15, -0.1) is 0 Å². The minimum Gasteiger partial charge on any atom is -0.458 e. The van der Waals surface area contributed by atoms with Crippen LogP contribution in [0.3, 0.4) is 0 Å². The Morgan fingerprint density at radius 1 is 0.907 bits per heavy atom. The van der Waals surface area contributed by atoms with Crippen molar-refractivity contribution < 1.29 is 43.5 Å². The number of hydrogen-bond acceptors (Lipinski definition) is 9. The largest absolute Gasteiger partial charge is 0.458 e. The Bertz CT molecular complexity index is 1500. The third kappa shape index (κ3) is 4.44. The zero-order valence-electron chi connectivity index (χ0n) is 24.4. The van der Waals surface area contributed by atoms with E-state index in [1.165, 1.54) is 6.08 Å². The maximum absolute atomic E-state index is 13.6. The lowest BCUT2D eigenvalue weighted by atomic mass is 9.41. The molecular weight excluding hydrogens is 552 g/mol. The van der Waals surface area contributed by atoms with Crippen LogP contribution < -0.4 is 0 Å². The molecule has 3 fully saturated rings. The van der Waals surface area contributed by atoms with Crippen LogP contribution in [0.4, 0.5) is 0 Å². The second kappa shape index (κ2) is 10.1. The highest BCUT2D eigenvalue weighted by Crippen LogP contribution is 2.69. The van der Waals surface area contributed by atoms with Crippen LogP contribution in [0, 0.1) is 16.7 Å². The van der Waals surface area contributed by atoms with E-state index in [-0.39, 0.29) is 24.2 Å². The molecule has 0 radical (unpaired) electrons. The van der Waals surface area contributed by atoms with E-state index in [2.05, 4.69) is 6.58 Å². The summed E-state index contributed by atoms with van der Waals surface area (Å²) in [6.45, 7) is 9.53. The molecule has 2 aromatic rings. The Balaban J connectivity index is 1.49. The van der Waals surface area contributed by atoms with Gasteiger partial charge in [0.15, 0.2) is 18.0 Å². The molecule has 4 aliphatic rings. The van der Waals surface area contributed by atoms with E-state index in [1.54, 1.807) is 67.6 Å². The number of hydrogen-bond donors (Lipinski definition) is 2. The minimum absolute atomic E-state index is 0.140. The number of esters is 3. The first-order chi connectivity index (χ1) is 20.3. The van der Waals surface area contributed by atoms with Crippen molar-refractivity contribution in [1.82, 2.24) is 0 Å². The van der Waals surface area contributed by atoms with Gasteiger partial charge in [-0.05, 0) is 44.0 Å². The van der Waals surface area contributed by atoms with Crippen molar-refractivity contribution >= 4 is 17.9 Å². The molecule has 9 nitrogen and oxygen atoms in total. The van der Waals surface area contributed by atoms with Gasteiger partial charge >= 0.3 is 17.9 Å². The van der Waals surface area contributed by atoms with Gasteiger partial charge in [0.25, 0.3) is 0 Å². The normalized spacial score (nSPS) is 38.4. The molecule has 0 aromatic heterocycles. The first kappa shape index (κ1) is 29.3. The molecule has 2 aliphatic heterocycles. The summed E-state index contributed by atoms with van der Waals surface area (Å²) in [6.07, 6.45) is -1.11. The minimum atomic E-state index is -1.92. The van der Waals surface area contributed by atoms with Crippen LogP contribution in [-0.2, 0) is 23.7 Å². The zero-order valence-corrected chi connectivity index (χ0v) is 24.4. The van der Waals surface area contributed by atoms with E-state index in [0.29, 0.717) is 18.4 Å². The lowest BCUT2D eigenvalue weighted by molar-refractivity contribution is -0.363. The second-order valence-electron chi connectivity index (χ2n) is 12.7. The van der Waals surface area contributed by atoms with Crippen molar-refractivity contribution in [2.45, 2.75) is 69.7 Å². The third-order valence-corrected chi connectivity index (χ3v) is 10.4. The highest BCUT2D eigenvalue weighted by Gasteiger charge is 2.76. The van der Waals surface area contributed by atoms with Crippen molar-refractivity contribution in [3.63, 3.8) is 0 Å². The maximum atomic E-state index is 13.6. The van der Waals surface area contributed by atoms with E-state index in [1.807, 2.05) is 13.8 Å². The van der Waals surface area contributed by atoms with Crippen LogP contribution >= 0.6 is 0 Å². The molecule has 0 amide bonds. The number of cyclic esters (lactones) is 1. The number of aliphatic hydroxyl groups is 2. The lowest BCUT2D eigenvalue weighted by Crippen LogP contribution is -2.78. The van der Waals surface area contributed by atoms with Crippen LogP contribution in [0.15, 0.2) is 84.5 Å². The number of carbonyl (C=O) groups excluding carboxylic acids is 3. The summed E-state index contributed by atoms with van der Waals surface area (Å²) in [5.74, 6) is -4.36. The lowest BCUT2D eigenvalue weighted by Gasteiger charge is -2.70. The summed E-state index contributed by atoms with van der Waals surface area (Å²) >= 11 is 0. The summed E-state index contributed by atoms with van der Waals surface area (Å²) in [5.41, 5.74) is -2.50. The molecule has 9 heteroatoms. The molecule has 6 rings (SSSR count). The van der Waals surface area contributed by atoms with Gasteiger partial charge in [0.2, 0.25) is 0 Å². The number of ether oxygens (including phenoxy) is 4. The molecule has 0 unspecified atom stereocenters. The number of rotatable bonds is 5. The molecule has 1 saturated heterocycles. The number of benzene rings is 2. The van der Waals surface area contributed by atoms with Gasteiger partial charge < -0.3 is 29.2 Å². The van der Waals surface area contributed by atoms with E-state index in [4.69, 9.17) is 18.9 Å². The molecule has 226 valence electrons.